The number of phenolic OH excluding ortho intramolecular Hbond substituents is 1. The Morgan fingerprint density at radius 1 is 1.39 bits per heavy atom. The molecule has 0 bridgehead atoms. The van der Waals surface area contributed by atoms with Crippen molar-refractivity contribution in [1.29, 1.82) is 0 Å². The van der Waals surface area contributed by atoms with Crippen LogP contribution in [0.15, 0.2) is 18.2 Å². The van der Waals surface area contributed by atoms with Gasteiger partial charge in [-0.3, -0.25) is 0 Å². The van der Waals surface area contributed by atoms with Crippen LogP contribution < -0.4 is 5.32 Å². The number of nitrogens with zero attached hydrogens (tertiary/aromatic N) is 1. The molecule has 0 spiro atoms. The summed E-state index contributed by atoms with van der Waals surface area (Å²) in [6.45, 7) is 6.04. The second-order valence-corrected chi connectivity index (χ2v) is 4.86. The van der Waals surface area contributed by atoms with Crippen molar-refractivity contribution in [2.75, 3.05) is 19.6 Å². The smallest absolute Gasteiger partial charge is 0.123 e. The van der Waals surface area contributed by atoms with Crippen molar-refractivity contribution < 1.29 is 9.50 Å². The molecule has 0 radical (unpaired) electrons. The van der Waals surface area contributed by atoms with Gasteiger partial charge in [0.1, 0.15) is 11.6 Å². The molecule has 0 aliphatic carbocycles. The number of nitrogens with one attached hydrogen (secondary N) is 1. The monoisotopic (exact) mass is 252 g/mol. The third-order valence-electron chi connectivity index (χ3n) is 3.66. The van der Waals surface area contributed by atoms with Gasteiger partial charge in [-0.2, -0.15) is 0 Å². The Kier molecular flexibility index (Phi) is 4.55. The SMILES string of the molecule is CCN1CCC(NCc2cc(F)ccc2O)CC1. The standard InChI is InChI=1S/C14H21FN2O/c1-2-17-7-5-13(6-8-17)16-10-11-9-12(15)3-4-14(11)18/h3-4,9,13,16,18H,2,5-8,10H2,1H3. The molecule has 0 atom stereocenters. The largest absolute Gasteiger partial charge is 0.508 e. The lowest BCUT2D eigenvalue weighted by Gasteiger charge is -2.31. The van der Waals surface area contributed by atoms with E-state index in [1.165, 1.54) is 18.2 Å². The van der Waals surface area contributed by atoms with Gasteiger partial charge in [0.15, 0.2) is 0 Å². The van der Waals surface area contributed by atoms with Gasteiger partial charge in [-0.25, -0.2) is 4.39 Å². The molecule has 3 nitrogen and oxygen atoms in total. The molecule has 1 heterocycles. The van der Waals surface area contributed by atoms with Gasteiger partial charge in [0.2, 0.25) is 0 Å². The Balaban J connectivity index is 1.83. The van der Waals surface area contributed by atoms with Crippen LogP contribution in [0.1, 0.15) is 25.3 Å². The first-order chi connectivity index (χ1) is 8.69. The van der Waals surface area contributed by atoms with Gasteiger partial charge < -0.3 is 15.3 Å². The van der Waals surface area contributed by atoms with E-state index in [9.17, 15) is 9.50 Å². The molecule has 1 saturated heterocycles. The van der Waals surface area contributed by atoms with Gasteiger partial charge in [-0.15, -0.1) is 0 Å². The van der Waals surface area contributed by atoms with E-state index in [1.807, 2.05) is 0 Å². The summed E-state index contributed by atoms with van der Waals surface area (Å²) in [5.41, 5.74) is 0.632. The fraction of sp³-hybridized carbons (Fsp3) is 0.571. The molecule has 1 aliphatic rings. The lowest BCUT2D eigenvalue weighted by molar-refractivity contribution is 0.205. The number of rotatable bonds is 4. The molecule has 1 aliphatic heterocycles. The van der Waals surface area contributed by atoms with E-state index in [2.05, 4.69) is 17.1 Å². The van der Waals surface area contributed by atoms with Crippen LogP contribution in [0, 0.1) is 5.82 Å². The average molecular weight is 252 g/mol. The average Bonchev–Trinajstić information content (AvgIpc) is 2.40. The van der Waals surface area contributed by atoms with E-state index in [4.69, 9.17) is 0 Å². The fourth-order valence-electron chi connectivity index (χ4n) is 2.40. The molecule has 0 amide bonds. The van der Waals surface area contributed by atoms with E-state index in [-0.39, 0.29) is 11.6 Å². The Morgan fingerprint density at radius 2 is 2.11 bits per heavy atom. The molecule has 4 heteroatoms. The quantitative estimate of drug-likeness (QED) is 0.861. The number of aromatic hydroxyl groups is 1. The minimum Gasteiger partial charge on any atom is -0.508 e. The highest BCUT2D eigenvalue weighted by Gasteiger charge is 2.17. The molecule has 18 heavy (non-hydrogen) atoms. The van der Waals surface area contributed by atoms with E-state index in [0.29, 0.717) is 18.2 Å². The van der Waals surface area contributed by atoms with Gasteiger partial charge in [-0.05, 0) is 50.7 Å². The van der Waals surface area contributed by atoms with E-state index in [0.717, 1.165) is 32.5 Å². The maximum Gasteiger partial charge on any atom is 0.123 e. The van der Waals surface area contributed by atoms with E-state index in [1.54, 1.807) is 0 Å². The van der Waals surface area contributed by atoms with Crippen LogP contribution >= 0.6 is 0 Å². The molecule has 1 aromatic rings. The first-order valence-corrected chi connectivity index (χ1v) is 6.62. The van der Waals surface area contributed by atoms with Crippen LogP contribution in [0.25, 0.3) is 0 Å². The highest BCUT2D eigenvalue weighted by molar-refractivity contribution is 5.32. The second kappa shape index (κ2) is 6.16. The molecule has 0 aromatic heterocycles. The van der Waals surface area contributed by atoms with Gasteiger partial charge in [0.05, 0.1) is 0 Å². The third-order valence-corrected chi connectivity index (χ3v) is 3.66. The minimum absolute atomic E-state index is 0.162. The number of piperidine rings is 1. The van der Waals surface area contributed by atoms with Crippen LogP contribution in [0.4, 0.5) is 4.39 Å². The summed E-state index contributed by atoms with van der Waals surface area (Å²) in [6, 6.07) is 4.55. The summed E-state index contributed by atoms with van der Waals surface area (Å²) in [6.07, 6.45) is 2.23. The number of hydrogen-bond donors (Lipinski definition) is 2. The van der Waals surface area contributed by atoms with Crippen LogP contribution in [0.2, 0.25) is 0 Å². The molecule has 1 fully saturated rings. The zero-order valence-corrected chi connectivity index (χ0v) is 10.8. The summed E-state index contributed by atoms with van der Waals surface area (Å²) in [5, 5.41) is 13.0. The van der Waals surface area contributed by atoms with Crippen molar-refractivity contribution in [2.24, 2.45) is 0 Å². The Labute approximate surface area is 108 Å². The maximum absolute atomic E-state index is 13.1. The lowest BCUT2D eigenvalue weighted by atomic mass is 10.0. The van der Waals surface area contributed by atoms with Crippen molar-refractivity contribution in [1.82, 2.24) is 10.2 Å². The predicted octanol–water partition coefficient (Wildman–Crippen LogP) is 2.11. The number of phenols is 1. The Bertz CT molecular complexity index is 389. The first kappa shape index (κ1) is 13.3. The zero-order chi connectivity index (χ0) is 13.0. The van der Waals surface area contributed by atoms with Crippen LogP contribution in [-0.4, -0.2) is 35.7 Å². The summed E-state index contributed by atoms with van der Waals surface area (Å²) in [5.74, 6) is -0.139. The lowest BCUT2D eigenvalue weighted by Crippen LogP contribution is -2.42. The van der Waals surface area contributed by atoms with E-state index < -0.39 is 0 Å². The summed E-state index contributed by atoms with van der Waals surface area (Å²) in [7, 11) is 0. The molecule has 2 N–H and O–H groups in total. The van der Waals surface area contributed by atoms with Crippen molar-refractivity contribution in [3.63, 3.8) is 0 Å². The number of halogens is 1. The zero-order valence-electron chi connectivity index (χ0n) is 10.8. The topological polar surface area (TPSA) is 35.5 Å². The first-order valence-electron chi connectivity index (χ1n) is 6.62. The summed E-state index contributed by atoms with van der Waals surface area (Å²) < 4.78 is 13.1. The minimum atomic E-state index is -0.301. The van der Waals surface area contributed by atoms with Gasteiger partial charge >= 0.3 is 0 Å². The highest BCUT2D eigenvalue weighted by Crippen LogP contribution is 2.18. The third kappa shape index (κ3) is 3.43. The Hall–Kier alpha value is -1.13. The molecule has 100 valence electrons. The van der Waals surface area contributed by atoms with Crippen molar-refractivity contribution in [2.45, 2.75) is 32.4 Å². The Morgan fingerprint density at radius 3 is 2.78 bits per heavy atom. The fourth-order valence-corrected chi connectivity index (χ4v) is 2.40. The van der Waals surface area contributed by atoms with Crippen LogP contribution in [0.3, 0.4) is 0 Å². The summed E-state index contributed by atoms with van der Waals surface area (Å²) >= 11 is 0. The molecule has 1 aromatic carbocycles. The van der Waals surface area contributed by atoms with Crippen LogP contribution in [-0.2, 0) is 6.54 Å². The highest BCUT2D eigenvalue weighted by atomic mass is 19.1. The predicted molar refractivity (Wildman–Crippen MR) is 70.0 cm³/mol. The van der Waals surface area contributed by atoms with Gasteiger partial charge in [0, 0.05) is 18.2 Å². The molecule has 0 saturated carbocycles. The van der Waals surface area contributed by atoms with Crippen molar-refractivity contribution >= 4 is 0 Å². The van der Waals surface area contributed by atoms with Crippen molar-refractivity contribution in [3.8, 4) is 5.75 Å². The number of benzene rings is 1. The van der Waals surface area contributed by atoms with Crippen LogP contribution in [0.5, 0.6) is 5.75 Å². The normalized spacial score (nSPS) is 18.1. The van der Waals surface area contributed by atoms with E-state index >= 15 is 0 Å². The maximum atomic E-state index is 13.1. The molecular formula is C14H21FN2O. The van der Waals surface area contributed by atoms with Crippen molar-refractivity contribution in [3.05, 3.63) is 29.6 Å². The second-order valence-electron chi connectivity index (χ2n) is 4.86. The molecule has 0 unspecified atom stereocenters. The van der Waals surface area contributed by atoms with Gasteiger partial charge in [0.25, 0.3) is 0 Å². The number of likely N-dealkylation sites (tertiary alicyclic amines) is 1. The van der Waals surface area contributed by atoms with Gasteiger partial charge in [-0.1, -0.05) is 6.92 Å². The summed E-state index contributed by atoms with van der Waals surface area (Å²) in [4.78, 5) is 2.43. The molecule has 2 rings (SSSR count). The molecular weight excluding hydrogens is 231 g/mol. The number of hydrogen-bond acceptors (Lipinski definition) is 3.